The number of ether oxygens (including phenoxy) is 1. The predicted octanol–water partition coefficient (Wildman–Crippen LogP) is 3.42. The van der Waals surface area contributed by atoms with Crippen LogP contribution in [0.1, 0.15) is 51.0 Å². The van der Waals surface area contributed by atoms with Crippen LogP contribution in [0.2, 0.25) is 0 Å². The molecule has 0 heterocycles. The molecule has 1 aliphatic carbocycles. The molecule has 0 unspecified atom stereocenters. The van der Waals surface area contributed by atoms with Crippen molar-refractivity contribution in [1.82, 2.24) is 10.2 Å². The van der Waals surface area contributed by atoms with Crippen LogP contribution in [0.4, 0.5) is 0 Å². The third-order valence-corrected chi connectivity index (χ3v) is 4.96. The Balaban J connectivity index is 1.97. The summed E-state index contributed by atoms with van der Waals surface area (Å²) in [5.41, 5.74) is 1.07. The molecule has 26 heavy (non-hydrogen) atoms. The number of hydrogen-bond donors (Lipinski definition) is 1. The van der Waals surface area contributed by atoms with E-state index in [1.54, 1.807) is 6.92 Å². The number of rotatable bonds is 7. The zero-order chi connectivity index (χ0) is 18.8. The zero-order valence-electron chi connectivity index (χ0n) is 15.4. The van der Waals surface area contributed by atoms with E-state index in [2.05, 4.69) is 5.32 Å². The van der Waals surface area contributed by atoms with Gasteiger partial charge in [0.15, 0.2) is 5.11 Å². The van der Waals surface area contributed by atoms with Crippen molar-refractivity contribution in [3.05, 3.63) is 35.9 Å². The highest BCUT2D eigenvalue weighted by molar-refractivity contribution is 7.80. The van der Waals surface area contributed by atoms with Crippen LogP contribution in [-0.2, 0) is 20.9 Å². The number of amides is 1. The number of nitrogens with one attached hydrogen (secondary N) is 1. The van der Waals surface area contributed by atoms with Gasteiger partial charge in [0.05, 0.1) is 13.0 Å². The summed E-state index contributed by atoms with van der Waals surface area (Å²) in [7, 11) is 0. The Kier molecular flexibility index (Phi) is 8.54. The maximum Gasteiger partial charge on any atom is 0.307 e. The van der Waals surface area contributed by atoms with Gasteiger partial charge in [-0.2, -0.15) is 0 Å². The minimum Gasteiger partial charge on any atom is -0.466 e. The average molecular weight is 377 g/mol. The highest BCUT2D eigenvalue weighted by Crippen LogP contribution is 2.23. The molecule has 1 saturated carbocycles. The second-order valence-corrected chi connectivity index (χ2v) is 6.98. The largest absolute Gasteiger partial charge is 0.466 e. The van der Waals surface area contributed by atoms with Gasteiger partial charge in [0.25, 0.3) is 0 Å². The molecule has 142 valence electrons. The van der Waals surface area contributed by atoms with Crippen LogP contribution >= 0.6 is 12.2 Å². The fourth-order valence-electron chi connectivity index (χ4n) is 3.17. The summed E-state index contributed by atoms with van der Waals surface area (Å²) in [6.45, 7) is 3.11. The molecule has 6 heteroatoms. The van der Waals surface area contributed by atoms with E-state index in [4.69, 9.17) is 17.0 Å². The highest BCUT2D eigenvalue weighted by Gasteiger charge is 2.23. The molecular formula is C20H28N2O3S. The lowest BCUT2D eigenvalue weighted by molar-refractivity contribution is -0.143. The summed E-state index contributed by atoms with van der Waals surface area (Å²) in [5, 5.41) is 3.28. The number of carbonyl (C=O) groups is 2. The van der Waals surface area contributed by atoms with Gasteiger partial charge in [-0.15, -0.1) is 0 Å². The molecule has 5 nitrogen and oxygen atoms in total. The van der Waals surface area contributed by atoms with E-state index in [1.165, 1.54) is 6.42 Å². The predicted molar refractivity (Wildman–Crippen MR) is 105 cm³/mol. The third-order valence-electron chi connectivity index (χ3n) is 4.60. The quantitative estimate of drug-likeness (QED) is 0.584. The topological polar surface area (TPSA) is 58.6 Å². The lowest BCUT2D eigenvalue weighted by Gasteiger charge is -2.27. The molecule has 1 aromatic rings. The van der Waals surface area contributed by atoms with E-state index in [0.29, 0.717) is 24.8 Å². The number of hydrogen-bond acceptors (Lipinski definition) is 4. The standard InChI is InChI=1S/C20H28N2O3S/c1-2-25-18(23)13-14-22(15-16-9-5-3-6-10-16)20(26)21-19(24)17-11-7-4-8-12-17/h3,5-6,9-10,17H,2,4,7-8,11-15H2,1H3,(H,21,24,26). The number of esters is 1. The fourth-order valence-corrected chi connectivity index (χ4v) is 3.42. The molecule has 1 fully saturated rings. The van der Waals surface area contributed by atoms with E-state index >= 15 is 0 Å². The highest BCUT2D eigenvalue weighted by atomic mass is 32.1. The fraction of sp³-hybridized carbons (Fsp3) is 0.550. The van der Waals surface area contributed by atoms with Gasteiger partial charge in [0, 0.05) is 19.0 Å². The van der Waals surface area contributed by atoms with Crippen molar-refractivity contribution in [3.63, 3.8) is 0 Å². The molecule has 1 aromatic carbocycles. The van der Waals surface area contributed by atoms with Crippen LogP contribution in [0.5, 0.6) is 0 Å². The SMILES string of the molecule is CCOC(=O)CCN(Cc1ccccc1)C(=S)NC(=O)C1CCCCC1. The number of carbonyl (C=O) groups excluding carboxylic acids is 2. The van der Waals surface area contributed by atoms with Gasteiger partial charge in [-0.05, 0) is 37.5 Å². The minimum absolute atomic E-state index is 0.00361. The van der Waals surface area contributed by atoms with E-state index in [0.717, 1.165) is 31.2 Å². The molecule has 2 rings (SSSR count). The first-order valence-corrected chi connectivity index (χ1v) is 9.80. The third kappa shape index (κ3) is 6.75. The molecule has 0 saturated heterocycles. The summed E-state index contributed by atoms with van der Waals surface area (Å²) in [6.07, 6.45) is 5.49. The van der Waals surface area contributed by atoms with Crippen molar-refractivity contribution < 1.29 is 14.3 Å². The van der Waals surface area contributed by atoms with Gasteiger partial charge in [0.1, 0.15) is 0 Å². The van der Waals surface area contributed by atoms with Crippen molar-refractivity contribution in [3.8, 4) is 0 Å². The first kappa shape index (κ1) is 20.4. The molecule has 0 aromatic heterocycles. The van der Waals surface area contributed by atoms with Crippen LogP contribution in [0, 0.1) is 5.92 Å². The molecule has 0 bridgehead atoms. The Morgan fingerprint density at radius 1 is 1.19 bits per heavy atom. The van der Waals surface area contributed by atoms with E-state index in [9.17, 15) is 9.59 Å². The van der Waals surface area contributed by atoms with Crippen molar-refractivity contribution in [2.75, 3.05) is 13.2 Å². The number of benzene rings is 1. The Hall–Kier alpha value is -1.95. The first-order chi connectivity index (χ1) is 12.6. The van der Waals surface area contributed by atoms with Gasteiger partial charge >= 0.3 is 5.97 Å². The van der Waals surface area contributed by atoms with Crippen molar-refractivity contribution in [2.45, 2.75) is 52.0 Å². The van der Waals surface area contributed by atoms with E-state index < -0.39 is 0 Å². The van der Waals surface area contributed by atoms with E-state index in [1.807, 2.05) is 35.2 Å². The number of thiocarbonyl (C=S) groups is 1. The smallest absolute Gasteiger partial charge is 0.307 e. The van der Waals surface area contributed by atoms with Gasteiger partial charge in [-0.3, -0.25) is 9.59 Å². The van der Waals surface area contributed by atoms with Crippen LogP contribution in [0.25, 0.3) is 0 Å². The van der Waals surface area contributed by atoms with Crippen LogP contribution in [0.3, 0.4) is 0 Å². The van der Waals surface area contributed by atoms with Crippen molar-refractivity contribution in [2.24, 2.45) is 5.92 Å². The number of nitrogens with zero attached hydrogens (tertiary/aromatic N) is 1. The minimum atomic E-state index is -0.257. The van der Waals surface area contributed by atoms with Gasteiger partial charge < -0.3 is 15.0 Å². The zero-order valence-corrected chi connectivity index (χ0v) is 16.2. The van der Waals surface area contributed by atoms with Crippen molar-refractivity contribution in [1.29, 1.82) is 0 Å². The Morgan fingerprint density at radius 2 is 1.88 bits per heavy atom. The summed E-state index contributed by atoms with van der Waals surface area (Å²) < 4.78 is 5.00. The molecule has 0 aliphatic heterocycles. The lowest BCUT2D eigenvalue weighted by atomic mass is 9.89. The monoisotopic (exact) mass is 376 g/mol. The maximum absolute atomic E-state index is 12.5. The molecular weight excluding hydrogens is 348 g/mol. The molecule has 0 atom stereocenters. The molecule has 1 aliphatic rings. The van der Waals surface area contributed by atoms with Crippen molar-refractivity contribution >= 4 is 29.2 Å². The second-order valence-electron chi connectivity index (χ2n) is 6.59. The average Bonchev–Trinajstić information content (AvgIpc) is 2.66. The molecule has 1 amide bonds. The van der Waals surface area contributed by atoms with E-state index in [-0.39, 0.29) is 24.2 Å². The second kappa shape index (κ2) is 10.9. The summed E-state index contributed by atoms with van der Waals surface area (Å²) >= 11 is 5.48. The first-order valence-electron chi connectivity index (χ1n) is 9.39. The van der Waals surface area contributed by atoms with Gasteiger partial charge in [0.2, 0.25) is 5.91 Å². The Morgan fingerprint density at radius 3 is 2.54 bits per heavy atom. The molecule has 1 N–H and O–H groups in total. The van der Waals surface area contributed by atoms with Gasteiger partial charge in [-0.25, -0.2) is 0 Å². The van der Waals surface area contributed by atoms with Crippen LogP contribution in [0.15, 0.2) is 30.3 Å². The van der Waals surface area contributed by atoms with Crippen LogP contribution in [-0.4, -0.2) is 35.0 Å². The maximum atomic E-state index is 12.5. The molecule has 0 spiro atoms. The van der Waals surface area contributed by atoms with Crippen LogP contribution < -0.4 is 5.32 Å². The lowest BCUT2D eigenvalue weighted by Crippen LogP contribution is -2.45. The summed E-state index contributed by atoms with van der Waals surface area (Å²) in [5.74, 6) is -0.207. The normalized spacial score (nSPS) is 14.5. The Bertz CT molecular complexity index is 600. The van der Waals surface area contributed by atoms with Gasteiger partial charge in [-0.1, -0.05) is 49.6 Å². The summed E-state index contributed by atoms with van der Waals surface area (Å²) in [4.78, 5) is 26.1. The Labute approximate surface area is 161 Å². The summed E-state index contributed by atoms with van der Waals surface area (Å²) in [6, 6.07) is 9.88. The molecule has 0 radical (unpaired) electrons.